The number of carbonyl (C=O) groups is 1. The summed E-state index contributed by atoms with van der Waals surface area (Å²) in [6, 6.07) is 0. The quantitative estimate of drug-likeness (QED) is 0.289. The number of halogens is 4. The van der Waals surface area contributed by atoms with Gasteiger partial charge in [-0.1, -0.05) is 0 Å². The molecule has 0 aromatic rings. The Hall–Kier alpha value is -0.690. The lowest BCUT2D eigenvalue weighted by Crippen LogP contribution is -2.02. The second kappa shape index (κ2) is 2.17. The minimum absolute atomic E-state index is 2.27. The molecule has 1 saturated carbocycles. The summed E-state index contributed by atoms with van der Waals surface area (Å²) < 4.78 is 44.8. The fourth-order valence-corrected chi connectivity index (χ4v) is 0.269. The molecule has 0 aliphatic heterocycles. The first-order valence-corrected chi connectivity index (χ1v) is 2.04. The zero-order valence-electron chi connectivity index (χ0n) is 4.57. The van der Waals surface area contributed by atoms with Gasteiger partial charge in [-0.25, -0.2) is 0 Å². The standard InChI is InChI=1S/C3F4O.H4N2/c4-2(5)1(8)3(2,6)7;1-2/h;1-2H2. The molecule has 0 heterocycles. The number of alkyl halides is 4. The first-order chi connectivity index (χ1) is 4.40. The highest BCUT2D eigenvalue weighted by Gasteiger charge is 2.86. The molecule has 0 aromatic heterocycles. The van der Waals surface area contributed by atoms with Gasteiger partial charge in [-0.05, 0) is 0 Å². The molecule has 7 heteroatoms. The van der Waals surface area contributed by atoms with Gasteiger partial charge in [0.1, 0.15) is 0 Å². The smallest absolute Gasteiger partial charge is 0.286 e. The number of carbonyl (C=O) groups excluding carboxylic acids is 1. The van der Waals surface area contributed by atoms with E-state index in [1.54, 1.807) is 0 Å². The van der Waals surface area contributed by atoms with Gasteiger partial charge in [0.25, 0.3) is 5.78 Å². The van der Waals surface area contributed by atoms with E-state index in [1.807, 2.05) is 0 Å². The molecular weight excluding hydrogens is 156 g/mol. The SMILES string of the molecule is NN.O=C1C(F)(F)C1(F)F. The van der Waals surface area contributed by atoms with Crippen molar-refractivity contribution in [2.45, 2.75) is 11.8 Å². The Morgan fingerprint density at radius 3 is 1.10 bits per heavy atom. The third-order valence-corrected chi connectivity index (χ3v) is 0.902. The van der Waals surface area contributed by atoms with Crippen molar-refractivity contribution in [2.75, 3.05) is 0 Å². The molecule has 0 unspecified atom stereocenters. The van der Waals surface area contributed by atoms with Gasteiger partial charge < -0.3 is 0 Å². The zero-order chi connectivity index (χ0) is 8.58. The van der Waals surface area contributed by atoms with Crippen molar-refractivity contribution in [3.05, 3.63) is 0 Å². The highest BCUT2D eigenvalue weighted by atomic mass is 19.3. The number of rotatable bonds is 0. The Balaban J connectivity index is 0.000000371. The average Bonchev–Trinajstić information content (AvgIpc) is 2.20. The van der Waals surface area contributed by atoms with Crippen molar-refractivity contribution in [3.8, 4) is 0 Å². The summed E-state index contributed by atoms with van der Waals surface area (Å²) in [6.07, 6.45) is 0. The number of hydrazine groups is 1. The molecule has 1 aliphatic rings. The second-order valence-electron chi connectivity index (χ2n) is 1.48. The maximum atomic E-state index is 11.2. The Kier molecular flexibility index (Phi) is 2.02. The van der Waals surface area contributed by atoms with Crippen LogP contribution in [0.2, 0.25) is 0 Å². The molecule has 0 bridgehead atoms. The van der Waals surface area contributed by atoms with Crippen LogP contribution in [-0.4, -0.2) is 17.6 Å². The predicted molar refractivity (Wildman–Crippen MR) is 23.3 cm³/mol. The lowest BCUT2D eigenvalue weighted by Gasteiger charge is -1.83. The molecule has 3 nitrogen and oxygen atoms in total. The van der Waals surface area contributed by atoms with Crippen LogP contribution in [0.1, 0.15) is 0 Å². The lowest BCUT2D eigenvalue weighted by atomic mass is 10.8. The predicted octanol–water partition coefficient (Wildman–Crippen LogP) is -0.341. The number of hydrogen-bond acceptors (Lipinski definition) is 3. The van der Waals surface area contributed by atoms with E-state index in [0.29, 0.717) is 0 Å². The van der Waals surface area contributed by atoms with Gasteiger partial charge in [0.2, 0.25) is 0 Å². The number of hydrogen-bond donors (Lipinski definition) is 2. The topological polar surface area (TPSA) is 69.1 Å². The molecule has 0 spiro atoms. The number of Topliss-reactive ketones (excluding diaryl/α,β-unsaturated/α-hetero) is 1. The molecule has 0 radical (unpaired) electrons. The van der Waals surface area contributed by atoms with E-state index in [4.69, 9.17) is 0 Å². The summed E-state index contributed by atoms with van der Waals surface area (Å²) >= 11 is 0. The largest absolute Gasteiger partial charge is 0.381 e. The third kappa shape index (κ3) is 0.868. The maximum absolute atomic E-state index is 11.2. The van der Waals surface area contributed by atoms with Gasteiger partial charge in [0, 0.05) is 0 Å². The summed E-state index contributed by atoms with van der Waals surface area (Å²) in [5.41, 5.74) is 0. The molecular formula is C3H4F4N2O. The van der Waals surface area contributed by atoms with Crippen LogP contribution in [0.5, 0.6) is 0 Å². The van der Waals surface area contributed by atoms with Crippen molar-refractivity contribution >= 4 is 5.78 Å². The summed E-state index contributed by atoms with van der Waals surface area (Å²) in [5.74, 6) is -3.01. The second-order valence-corrected chi connectivity index (χ2v) is 1.48. The average molecular weight is 160 g/mol. The first kappa shape index (κ1) is 9.31. The van der Waals surface area contributed by atoms with Crippen LogP contribution < -0.4 is 11.7 Å². The molecule has 4 N–H and O–H groups in total. The van der Waals surface area contributed by atoms with Gasteiger partial charge in [-0.2, -0.15) is 17.6 Å². The van der Waals surface area contributed by atoms with E-state index in [2.05, 4.69) is 11.7 Å². The highest BCUT2D eigenvalue weighted by molar-refractivity contribution is 6.10. The van der Waals surface area contributed by atoms with Crippen molar-refractivity contribution in [2.24, 2.45) is 11.7 Å². The van der Waals surface area contributed by atoms with E-state index in [0.717, 1.165) is 0 Å². The van der Waals surface area contributed by atoms with Gasteiger partial charge in [0.15, 0.2) is 0 Å². The molecule has 0 atom stereocenters. The van der Waals surface area contributed by atoms with Gasteiger partial charge in [-0.3, -0.25) is 16.5 Å². The minimum atomic E-state index is -4.37. The molecule has 60 valence electrons. The monoisotopic (exact) mass is 160 g/mol. The summed E-state index contributed by atoms with van der Waals surface area (Å²) in [4.78, 5) is 9.36. The molecule has 0 saturated heterocycles. The van der Waals surface area contributed by atoms with Crippen LogP contribution in [-0.2, 0) is 4.79 Å². The van der Waals surface area contributed by atoms with Crippen molar-refractivity contribution in [1.29, 1.82) is 0 Å². The molecule has 10 heavy (non-hydrogen) atoms. The summed E-state index contributed by atoms with van der Waals surface area (Å²) in [6.45, 7) is 0. The zero-order valence-corrected chi connectivity index (χ0v) is 4.57. The van der Waals surface area contributed by atoms with Crippen LogP contribution in [0.15, 0.2) is 0 Å². The number of ketones is 1. The summed E-state index contributed by atoms with van der Waals surface area (Å²) in [5, 5.41) is 0. The lowest BCUT2D eigenvalue weighted by molar-refractivity contribution is -0.118. The van der Waals surface area contributed by atoms with Gasteiger partial charge >= 0.3 is 11.8 Å². The molecule has 1 aliphatic carbocycles. The first-order valence-electron chi connectivity index (χ1n) is 2.04. The van der Waals surface area contributed by atoms with Crippen molar-refractivity contribution in [3.63, 3.8) is 0 Å². The van der Waals surface area contributed by atoms with E-state index in [9.17, 15) is 22.4 Å². The summed E-state index contributed by atoms with van der Waals surface area (Å²) in [7, 11) is 0. The Morgan fingerprint density at radius 2 is 1.10 bits per heavy atom. The highest BCUT2D eigenvalue weighted by Crippen LogP contribution is 2.52. The van der Waals surface area contributed by atoms with Gasteiger partial charge in [0.05, 0.1) is 0 Å². The van der Waals surface area contributed by atoms with E-state index < -0.39 is 17.6 Å². The van der Waals surface area contributed by atoms with E-state index in [1.165, 1.54) is 0 Å². The van der Waals surface area contributed by atoms with Crippen molar-refractivity contribution in [1.82, 2.24) is 0 Å². The Morgan fingerprint density at radius 1 is 1.00 bits per heavy atom. The van der Waals surface area contributed by atoms with Crippen LogP contribution in [0.25, 0.3) is 0 Å². The van der Waals surface area contributed by atoms with Crippen molar-refractivity contribution < 1.29 is 22.4 Å². The normalized spacial score (nSPS) is 24.8. The molecule has 0 amide bonds. The molecule has 1 rings (SSSR count). The Labute approximate surface area is 52.9 Å². The van der Waals surface area contributed by atoms with Crippen LogP contribution in [0, 0.1) is 0 Å². The third-order valence-electron chi connectivity index (χ3n) is 0.902. The van der Waals surface area contributed by atoms with Gasteiger partial charge in [-0.15, -0.1) is 0 Å². The van der Waals surface area contributed by atoms with Crippen LogP contribution in [0.3, 0.4) is 0 Å². The van der Waals surface area contributed by atoms with E-state index in [-0.39, 0.29) is 0 Å². The van der Waals surface area contributed by atoms with E-state index >= 15 is 0 Å². The van der Waals surface area contributed by atoms with Crippen LogP contribution >= 0.6 is 0 Å². The maximum Gasteiger partial charge on any atom is 0.381 e. The minimum Gasteiger partial charge on any atom is -0.286 e. The fourth-order valence-electron chi connectivity index (χ4n) is 0.269. The molecule has 1 fully saturated rings. The fraction of sp³-hybridized carbons (Fsp3) is 0.667. The Bertz CT molecular complexity index is 141. The van der Waals surface area contributed by atoms with Crippen LogP contribution in [0.4, 0.5) is 17.6 Å². The molecule has 0 aromatic carbocycles. The number of nitrogens with two attached hydrogens (primary N) is 2.